The smallest absolute Gasteiger partial charge is 0.251 e. The van der Waals surface area contributed by atoms with Gasteiger partial charge < -0.3 is 10.3 Å². The fourth-order valence-corrected chi connectivity index (χ4v) is 3.39. The van der Waals surface area contributed by atoms with Crippen molar-refractivity contribution in [3.05, 3.63) is 27.9 Å². The first-order valence-electron chi connectivity index (χ1n) is 7.65. The molecule has 0 spiro atoms. The topological polar surface area (TPSA) is 57.8 Å². The number of rotatable bonds is 2. The van der Waals surface area contributed by atoms with E-state index in [-0.39, 0.29) is 5.56 Å². The maximum atomic E-state index is 11.9. The molecule has 19 heavy (non-hydrogen) atoms. The molecule has 2 heterocycles. The second-order valence-corrected chi connectivity index (χ2v) is 5.91. The zero-order chi connectivity index (χ0) is 13.1. The van der Waals surface area contributed by atoms with E-state index < -0.39 is 0 Å². The zero-order valence-electron chi connectivity index (χ0n) is 11.5. The lowest BCUT2D eigenvalue weighted by atomic mass is 9.88. The molecule has 104 valence electrons. The van der Waals surface area contributed by atoms with E-state index in [9.17, 15) is 4.79 Å². The second kappa shape index (κ2) is 5.87. The van der Waals surface area contributed by atoms with E-state index >= 15 is 0 Å². The van der Waals surface area contributed by atoms with Gasteiger partial charge in [0.25, 0.3) is 5.56 Å². The molecule has 2 aliphatic rings. The minimum Gasteiger partial charge on any atom is -0.317 e. The first-order valence-corrected chi connectivity index (χ1v) is 7.65. The number of nitrogens with zero attached hydrogens (tertiary/aromatic N) is 1. The van der Waals surface area contributed by atoms with Crippen molar-refractivity contribution in [2.45, 2.75) is 56.8 Å². The maximum Gasteiger partial charge on any atom is 0.251 e. The summed E-state index contributed by atoms with van der Waals surface area (Å²) < 4.78 is 0. The molecule has 2 N–H and O–H groups in total. The van der Waals surface area contributed by atoms with Crippen LogP contribution in [0.1, 0.15) is 68.3 Å². The minimum absolute atomic E-state index is 0.0316. The van der Waals surface area contributed by atoms with Gasteiger partial charge in [0, 0.05) is 17.9 Å². The molecule has 4 heteroatoms. The van der Waals surface area contributed by atoms with Crippen LogP contribution in [0.4, 0.5) is 0 Å². The largest absolute Gasteiger partial charge is 0.317 e. The van der Waals surface area contributed by atoms with Gasteiger partial charge in [-0.1, -0.05) is 19.3 Å². The average Bonchev–Trinajstić information content (AvgIpc) is 2.48. The molecule has 0 aromatic carbocycles. The number of nitrogens with one attached hydrogen (secondary N) is 2. The first-order chi connectivity index (χ1) is 9.33. The van der Waals surface area contributed by atoms with Gasteiger partial charge in [0.2, 0.25) is 0 Å². The van der Waals surface area contributed by atoms with E-state index in [2.05, 4.69) is 10.3 Å². The Balaban J connectivity index is 1.84. The predicted molar refractivity (Wildman–Crippen MR) is 75.5 cm³/mol. The highest BCUT2D eigenvalue weighted by atomic mass is 16.1. The molecule has 1 saturated carbocycles. The summed E-state index contributed by atoms with van der Waals surface area (Å²) >= 11 is 0. The summed E-state index contributed by atoms with van der Waals surface area (Å²) in [5.74, 6) is 1.88. The molecule has 1 aromatic heterocycles. The first kappa shape index (κ1) is 12.9. The summed E-state index contributed by atoms with van der Waals surface area (Å²) in [6.45, 7) is 2.08. The van der Waals surface area contributed by atoms with Gasteiger partial charge in [0.1, 0.15) is 5.82 Å². The highest BCUT2D eigenvalue weighted by molar-refractivity contribution is 5.12. The lowest BCUT2D eigenvalue weighted by Crippen LogP contribution is -2.28. The third-order valence-electron chi connectivity index (χ3n) is 4.53. The third kappa shape index (κ3) is 3.06. The molecule has 1 saturated heterocycles. The number of H-pyrrole nitrogens is 1. The molecule has 4 nitrogen and oxygen atoms in total. The van der Waals surface area contributed by atoms with Crippen molar-refractivity contribution < 1.29 is 0 Å². The molecule has 0 unspecified atom stereocenters. The minimum atomic E-state index is 0.0316. The van der Waals surface area contributed by atoms with Gasteiger partial charge in [-0.25, -0.2) is 4.98 Å². The average molecular weight is 261 g/mol. The molecule has 0 bridgehead atoms. The molecular formula is C15H23N3O. The van der Waals surface area contributed by atoms with E-state index in [1.807, 2.05) is 0 Å². The van der Waals surface area contributed by atoms with E-state index in [4.69, 9.17) is 4.98 Å². The van der Waals surface area contributed by atoms with Gasteiger partial charge in [-0.15, -0.1) is 0 Å². The Bertz CT molecular complexity index is 431. The normalized spacial score (nSPS) is 22.5. The number of hydrogen-bond donors (Lipinski definition) is 2. The lowest BCUT2D eigenvalue weighted by molar-refractivity contribution is 0.419. The SMILES string of the molecule is O=c1cc(C2CCNCC2)nc(C2CCCCC2)[nH]1. The van der Waals surface area contributed by atoms with Crippen LogP contribution in [0.2, 0.25) is 0 Å². The van der Waals surface area contributed by atoms with Crippen molar-refractivity contribution in [2.24, 2.45) is 0 Å². The van der Waals surface area contributed by atoms with Crippen LogP contribution in [0, 0.1) is 0 Å². The van der Waals surface area contributed by atoms with Crippen molar-refractivity contribution in [3.8, 4) is 0 Å². The number of aromatic amines is 1. The van der Waals surface area contributed by atoms with Gasteiger partial charge in [-0.3, -0.25) is 4.79 Å². The van der Waals surface area contributed by atoms with E-state index in [1.54, 1.807) is 6.07 Å². The molecule has 0 atom stereocenters. The molecular weight excluding hydrogens is 238 g/mol. The van der Waals surface area contributed by atoms with Crippen LogP contribution < -0.4 is 10.9 Å². The molecule has 1 aromatic rings. The lowest BCUT2D eigenvalue weighted by Gasteiger charge is -2.24. The summed E-state index contributed by atoms with van der Waals surface area (Å²) in [5, 5.41) is 3.36. The predicted octanol–water partition coefficient (Wildman–Crippen LogP) is 2.28. The van der Waals surface area contributed by atoms with Gasteiger partial charge in [-0.05, 0) is 38.8 Å². The second-order valence-electron chi connectivity index (χ2n) is 5.91. The van der Waals surface area contributed by atoms with Gasteiger partial charge >= 0.3 is 0 Å². The molecule has 1 aliphatic heterocycles. The van der Waals surface area contributed by atoms with Crippen LogP contribution >= 0.6 is 0 Å². The Morgan fingerprint density at radius 1 is 1.00 bits per heavy atom. The van der Waals surface area contributed by atoms with E-state index in [1.165, 1.54) is 32.1 Å². The van der Waals surface area contributed by atoms with Crippen molar-refractivity contribution in [3.63, 3.8) is 0 Å². The number of hydrogen-bond acceptors (Lipinski definition) is 3. The third-order valence-corrected chi connectivity index (χ3v) is 4.53. The van der Waals surface area contributed by atoms with Crippen LogP contribution in [0.5, 0.6) is 0 Å². The fourth-order valence-electron chi connectivity index (χ4n) is 3.39. The van der Waals surface area contributed by atoms with Gasteiger partial charge in [-0.2, -0.15) is 0 Å². The van der Waals surface area contributed by atoms with Crippen molar-refractivity contribution in [1.82, 2.24) is 15.3 Å². The van der Waals surface area contributed by atoms with Crippen LogP contribution in [0.15, 0.2) is 10.9 Å². The van der Waals surface area contributed by atoms with Crippen LogP contribution in [0.3, 0.4) is 0 Å². The van der Waals surface area contributed by atoms with Gasteiger partial charge in [0.15, 0.2) is 0 Å². The van der Waals surface area contributed by atoms with E-state index in [0.717, 1.165) is 37.4 Å². The molecule has 0 radical (unpaired) electrons. The molecule has 2 fully saturated rings. The molecule has 1 aliphatic carbocycles. The Hall–Kier alpha value is -1.16. The highest BCUT2D eigenvalue weighted by Crippen LogP contribution is 2.31. The number of piperidine rings is 1. The zero-order valence-corrected chi connectivity index (χ0v) is 11.5. The van der Waals surface area contributed by atoms with Crippen molar-refractivity contribution >= 4 is 0 Å². The summed E-state index contributed by atoms with van der Waals surface area (Å²) in [6.07, 6.45) is 8.42. The standard InChI is InChI=1S/C15H23N3O/c19-14-10-13(11-6-8-16-9-7-11)17-15(18-14)12-4-2-1-3-5-12/h10-12,16H,1-9H2,(H,17,18,19). The summed E-state index contributed by atoms with van der Waals surface area (Å²) in [7, 11) is 0. The number of aromatic nitrogens is 2. The summed E-state index contributed by atoms with van der Waals surface area (Å²) in [4.78, 5) is 19.7. The van der Waals surface area contributed by atoms with Crippen molar-refractivity contribution in [2.75, 3.05) is 13.1 Å². The monoisotopic (exact) mass is 261 g/mol. The maximum absolute atomic E-state index is 11.9. The van der Waals surface area contributed by atoms with Crippen LogP contribution in [-0.2, 0) is 0 Å². The van der Waals surface area contributed by atoms with Crippen LogP contribution in [0.25, 0.3) is 0 Å². The Labute approximate surface area is 114 Å². The molecule has 0 amide bonds. The van der Waals surface area contributed by atoms with E-state index in [0.29, 0.717) is 11.8 Å². The summed E-state index contributed by atoms with van der Waals surface area (Å²) in [5.41, 5.74) is 1.05. The van der Waals surface area contributed by atoms with Gasteiger partial charge in [0.05, 0.1) is 5.69 Å². The highest BCUT2D eigenvalue weighted by Gasteiger charge is 2.21. The fraction of sp³-hybridized carbons (Fsp3) is 0.733. The quantitative estimate of drug-likeness (QED) is 0.858. The Kier molecular flexibility index (Phi) is 3.97. The Morgan fingerprint density at radius 3 is 2.47 bits per heavy atom. The molecule has 3 rings (SSSR count). The summed E-state index contributed by atoms with van der Waals surface area (Å²) in [6, 6.07) is 1.71. The van der Waals surface area contributed by atoms with Crippen LogP contribution in [-0.4, -0.2) is 23.1 Å². The van der Waals surface area contributed by atoms with Crippen molar-refractivity contribution in [1.29, 1.82) is 0 Å². The Morgan fingerprint density at radius 2 is 1.74 bits per heavy atom.